The Morgan fingerprint density at radius 3 is 2.63 bits per heavy atom. The highest BCUT2D eigenvalue weighted by Gasteiger charge is 2.41. The van der Waals surface area contributed by atoms with E-state index >= 15 is 0 Å². The average Bonchev–Trinajstić information content (AvgIpc) is 3.10. The smallest absolute Gasteiger partial charge is 0.169 e. The predicted octanol–water partition coefficient (Wildman–Crippen LogP) is 6.62. The number of hydrogen-bond acceptors (Lipinski definition) is 3. The molecule has 2 atom stereocenters. The number of rotatable bonds is 4. The number of halogens is 2. The van der Waals surface area contributed by atoms with Crippen molar-refractivity contribution in [2.24, 2.45) is 11.8 Å². The molecule has 1 N–H and O–H groups in total. The number of fused-ring (bicyclic) bond motifs is 2. The molecule has 27 heavy (non-hydrogen) atoms. The first-order valence-electron chi connectivity index (χ1n) is 9.21. The van der Waals surface area contributed by atoms with Crippen LogP contribution in [-0.2, 0) is 11.2 Å². The number of carbonyl (C=O) groups excluding carboxylic acids is 1. The molecule has 0 amide bonds. The van der Waals surface area contributed by atoms with Gasteiger partial charge in [-0.3, -0.25) is 4.79 Å². The van der Waals surface area contributed by atoms with Gasteiger partial charge in [0.2, 0.25) is 0 Å². The molecule has 2 aliphatic carbocycles. The van der Waals surface area contributed by atoms with Gasteiger partial charge in [0.25, 0.3) is 0 Å². The number of allylic oxidation sites excluding steroid dienone is 2. The van der Waals surface area contributed by atoms with Crippen molar-refractivity contribution in [2.75, 3.05) is 0 Å². The largest absolute Gasteiger partial charge is 0.511 e. The van der Waals surface area contributed by atoms with Crippen LogP contribution in [0.25, 0.3) is 5.57 Å². The molecule has 3 nitrogen and oxygen atoms in total. The van der Waals surface area contributed by atoms with Crippen molar-refractivity contribution in [3.63, 3.8) is 0 Å². The van der Waals surface area contributed by atoms with Crippen LogP contribution in [0.5, 0.6) is 11.5 Å². The Morgan fingerprint density at radius 2 is 1.89 bits per heavy atom. The van der Waals surface area contributed by atoms with E-state index in [9.17, 15) is 9.90 Å². The molecule has 2 aliphatic rings. The van der Waals surface area contributed by atoms with Crippen LogP contribution >= 0.6 is 23.2 Å². The van der Waals surface area contributed by atoms with E-state index in [1.165, 1.54) is 0 Å². The number of carbonyl (C=O) groups is 1. The van der Waals surface area contributed by atoms with Crippen molar-refractivity contribution < 1.29 is 14.6 Å². The van der Waals surface area contributed by atoms with Gasteiger partial charge in [0.05, 0.1) is 10.6 Å². The van der Waals surface area contributed by atoms with E-state index in [0.717, 1.165) is 36.8 Å². The summed E-state index contributed by atoms with van der Waals surface area (Å²) in [7, 11) is 0. The van der Waals surface area contributed by atoms with E-state index < -0.39 is 0 Å². The van der Waals surface area contributed by atoms with Gasteiger partial charge in [-0.05, 0) is 67.1 Å². The van der Waals surface area contributed by atoms with Crippen LogP contribution < -0.4 is 4.74 Å². The van der Waals surface area contributed by atoms with Gasteiger partial charge in [0.15, 0.2) is 5.78 Å². The number of hydrogen-bond donors (Lipinski definition) is 1. The summed E-state index contributed by atoms with van der Waals surface area (Å²) in [6.07, 6.45) is 3.27. The molecule has 5 heteroatoms. The van der Waals surface area contributed by atoms with E-state index in [1.807, 2.05) is 25.1 Å². The van der Waals surface area contributed by atoms with Gasteiger partial charge < -0.3 is 9.84 Å². The van der Waals surface area contributed by atoms with Crippen LogP contribution in [-0.4, -0.2) is 10.9 Å². The number of aryl methyl sites for hydroxylation is 1. The van der Waals surface area contributed by atoms with Crippen molar-refractivity contribution >= 4 is 34.6 Å². The third kappa shape index (κ3) is 3.35. The fourth-order valence-electron chi connectivity index (χ4n) is 4.12. The Balaban J connectivity index is 1.76. The Kier molecular flexibility index (Phi) is 4.92. The normalized spacial score (nSPS) is 21.7. The van der Waals surface area contributed by atoms with Crippen molar-refractivity contribution in [1.29, 1.82) is 0 Å². The van der Waals surface area contributed by atoms with Gasteiger partial charge in [-0.25, -0.2) is 0 Å². The molecule has 2 aromatic rings. The number of benzene rings is 2. The van der Waals surface area contributed by atoms with E-state index in [1.54, 1.807) is 18.2 Å². The highest BCUT2D eigenvalue weighted by molar-refractivity contribution is 6.35. The summed E-state index contributed by atoms with van der Waals surface area (Å²) in [5.74, 6) is 1.48. The monoisotopic (exact) mass is 402 g/mol. The highest BCUT2D eigenvalue weighted by atomic mass is 35.5. The van der Waals surface area contributed by atoms with Crippen LogP contribution in [0.1, 0.15) is 37.3 Å². The number of Topliss-reactive ketones (excluding diaryl/α,β-unsaturated/α-hetero) is 1. The SMILES string of the molecule is CCc1ccc(Oc2ccc(Cl)cc2Cl)cc1C1=C(O)[C@H]2CC[C@H](C2)C1=O. The van der Waals surface area contributed by atoms with Crippen molar-refractivity contribution in [1.82, 2.24) is 0 Å². The fourth-order valence-corrected chi connectivity index (χ4v) is 4.57. The quantitative estimate of drug-likeness (QED) is 0.624. The molecular weight excluding hydrogens is 383 g/mol. The molecule has 4 rings (SSSR count). The lowest BCUT2D eigenvalue weighted by Gasteiger charge is -2.23. The molecule has 0 aromatic heterocycles. The summed E-state index contributed by atoms with van der Waals surface area (Å²) in [6.45, 7) is 2.04. The second kappa shape index (κ2) is 7.21. The molecule has 1 fully saturated rings. The van der Waals surface area contributed by atoms with Gasteiger partial charge in [-0.15, -0.1) is 0 Å². The standard InChI is InChI=1S/C22H20Cl2O3/c1-2-12-5-7-16(27-19-8-6-15(23)10-18(19)24)11-17(12)20-21(25)13-3-4-14(9-13)22(20)26/h5-8,10-11,13-14,25H,2-4,9H2,1H3/t13-,14+/m0/s1. The molecule has 1 saturated carbocycles. The van der Waals surface area contributed by atoms with Crippen LogP contribution in [0.2, 0.25) is 10.0 Å². The molecule has 0 heterocycles. The molecule has 0 aliphatic heterocycles. The van der Waals surface area contributed by atoms with Crippen LogP contribution in [0, 0.1) is 11.8 Å². The maximum absolute atomic E-state index is 12.9. The summed E-state index contributed by atoms with van der Waals surface area (Å²) in [6, 6.07) is 10.7. The molecule has 2 bridgehead atoms. The highest BCUT2D eigenvalue weighted by Crippen LogP contribution is 2.46. The van der Waals surface area contributed by atoms with Gasteiger partial charge in [-0.2, -0.15) is 0 Å². The Hall–Kier alpha value is -1.97. The Bertz CT molecular complexity index is 949. The molecule has 0 spiro atoms. The molecular formula is C22H20Cl2O3. The second-order valence-electron chi connectivity index (χ2n) is 7.18. The average molecular weight is 403 g/mol. The molecule has 140 valence electrons. The third-order valence-electron chi connectivity index (χ3n) is 5.55. The van der Waals surface area contributed by atoms with Crippen molar-refractivity contribution in [2.45, 2.75) is 32.6 Å². The minimum atomic E-state index is 0.0286. The van der Waals surface area contributed by atoms with Crippen molar-refractivity contribution in [3.8, 4) is 11.5 Å². The van der Waals surface area contributed by atoms with E-state index in [0.29, 0.717) is 27.1 Å². The fraction of sp³-hybridized carbons (Fsp3) is 0.318. The van der Waals surface area contributed by atoms with E-state index in [2.05, 4.69) is 0 Å². The van der Waals surface area contributed by atoms with Gasteiger partial charge in [-0.1, -0.05) is 36.2 Å². The van der Waals surface area contributed by atoms with E-state index in [-0.39, 0.29) is 23.4 Å². The van der Waals surface area contributed by atoms with E-state index in [4.69, 9.17) is 27.9 Å². The summed E-state index contributed by atoms with van der Waals surface area (Å²) < 4.78 is 5.93. The maximum atomic E-state index is 12.9. The molecule has 0 radical (unpaired) electrons. The minimum Gasteiger partial charge on any atom is -0.511 e. The van der Waals surface area contributed by atoms with Crippen LogP contribution in [0.15, 0.2) is 42.2 Å². The molecule has 2 aromatic carbocycles. The van der Waals surface area contributed by atoms with Crippen molar-refractivity contribution in [3.05, 3.63) is 63.3 Å². The Labute approximate surface area is 168 Å². The lowest BCUT2D eigenvalue weighted by molar-refractivity contribution is -0.117. The first-order chi connectivity index (χ1) is 13.0. The zero-order valence-corrected chi connectivity index (χ0v) is 16.5. The number of ketones is 1. The maximum Gasteiger partial charge on any atom is 0.169 e. The first-order valence-corrected chi connectivity index (χ1v) is 9.97. The topological polar surface area (TPSA) is 46.5 Å². The lowest BCUT2D eigenvalue weighted by Crippen LogP contribution is -2.21. The van der Waals surface area contributed by atoms with Crippen LogP contribution in [0.3, 0.4) is 0 Å². The molecule has 0 saturated heterocycles. The van der Waals surface area contributed by atoms with Gasteiger partial charge in [0.1, 0.15) is 17.3 Å². The zero-order chi connectivity index (χ0) is 19.1. The third-order valence-corrected chi connectivity index (χ3v) is 6.08. The number of aliphatic hydroxyl groups is 1. The lowest BCUT2D eigenvalue weighted by atomic mass is 9.81. The first kappa shape index (κ1) is 18.4. The predicted molar refractivity (Wildman–Crippen MR) is 108 cm³/mol. The summed E-state index contributed by atoms with van der Waals surface area (Å²) in [4.78, 5) is 12.9. The van der Waals surface area contributed by atoms with Crippen LogP contribution in [0.4, 0.5) is 0 Å². The Morgan fingerprint density at radius 1 is 1.11 bits per heavy atom. The summed E-state index contributed by atoms with van der Waals surface area (Å²) >= 11 is 12.1. The minimum absolute atomic E-state index is 0.0286. The summed E-state index contributed by atoms with van der Waals surface area (Å²) in [5, 5.41) is 11.7. The second-order valence-corrected chi connectivity index (χ2v) is 8.02. The van der Waals surface area contributed by atoms with Gasteiger partial charge >= 0.3 is 0 Å². The zero-order valence-electron chi connectivity index (χ0n) is 15.0. The van der Waals surface area contributed by atoms with Gasteiger partial charge in [0, 0.05) is 16.9 Å². The number of aliphatic hydroxyl groups excluding tert-OH is 1. The molecule has 0 unspecified atom stereocenters. The number of ether oxygens (including phenoxy) is 1. The summed E-state index contributed by atoms with van der Waals surface area (Å²) in [5.41, 5.74) is 2.25.